The average molecular weight is 406 g/mol. The van der Waals surface area contributed by atoms with Crippen LogP contribution in [0.25, 0.3) is 0 Å². The summed E-state index contributed by atoms with van der Waals surface area (Å²) >= 11 is 0. The zero-order chi connectivity index (χ0) is 20.7. The SMILES string of the molecule is Cc1cc(Nc2cc(N3CCC(O)CC3)nc(C3Cc4ccccc4N3C)n2)n[nH]1. The second kappa shape index (κ2) is 7.60. The molecule has 156 valence electrons. The fourth-order valence-electron chi connectivity index (χ4n) is 4.34. The lowest BCUT2D eigenvalue weighted by Crippen LogP contribution is -2.36. The predicted molar refractivity (Wildman–Crippen MR) is 117 cm³/mol. The predicted octanol–water partition coefficient (Wildman–Crippen LogP) is 2.95. The van der Waals surface area contributed by atoms with Crippen LogP contribution in [0.15, 0.2) is 36.4 Å². The van der Waals surface area contributed by atoms with E-state index in [2.05, 4.69) is 56.6 Å². The Balaban J connectivity index is 1.49. The monoisotopic (exact) mass is 405 g/mol. The molecule has 8 nitrogen and oxygen atoms in total. The summed E-state index contributed by atoms with van der Waals surface area (Å²) in [7, 11) is 2.11. The smallest absolute Gasteiger partial charge is 0.155 e. The lowest BCUT2D eigenvalue weighted by atomic mass is 10.1. The molecule has 8 heteroatoms. The summed E-state index contributed by atoms with van der Waals surface area (Å²) in [4.78, 5) is 14.3. The van der Waals surface area contributed by atoms with Crippen LogP contribution in [0.2, 0.25) is 0 Å². The van der Waals surface area contributed by atoms with Crippen molar-refractivity contribution in [1.82, 2.24) is 20.2 Å². The average Bonchev–Trinajstić information content (AvgIpc) is 3.31. The molecule has 2 aliphatic heterocycles. The van der Waals surface area contributed by atoms with Crippen LogP contribution in [0, 0.1) is 6.92 Å². The topological polar surface area (TPSA) is 93.2 Å². The Hall–Kier alpha value is -3.13. The lowest BCUT2D eigenvalue weighted by molar-refractivity contribution is 0.145. The number of aliphatic hydroxyl groups is 1. The van der Waals surface area contributed by atoms with E-state index >= 15 is 0 Å². The first-order valence-corrected chi connectivity index (χ1v) is 10.5. The van der Waals surface area contributed by atoms with Gasteiger partial charge in [0.25, 0.3) is 0 Å². The van der Waals surface area contributed by atoms with E-state index in [0.717, 1.165) is 61.3 Å². The number of aromatic amines is 1. The Morgan fingerprint density at radius 3 is 2.63 bits per heavy atom. The van der Waals surface area contributed by atoms with Crippen molar-refractivity contribution in [2.45, 2.75) is 38.3 Å². The standard InChI is InChI=1S/C22H27N7O/c1-14-11-20(27-26-14)23-19-13-21(29-9-7-16(30)8-10-29)25-22(24-19)18-12-15-5-3-4-6-17(15)28(18)2/h3-6,11,13,16,18,30H,7-10,12H2,1-2H3,(H2,23,24,25,26,27). The molecular weight excluding hydrogens is 378 g/mol. The molecule has 4 heterocycles. The number of hydrogen-bond acceptors (Lipinski definition) is 7. The molecule has 0 aliphatic carbocycles. The Kier molecular flexibility index (Phi) is 4.78. The molecule has 1 fully saturated rings. The van der Waals surface area contributed by atoms with Gasteiger partial charge in [0.1, 0.15) is 11.6 Å². The maximum absolute atomic E-state index is 9.90. The van der Waals surface area contributed by atoms with Crippen LogP contribution in [0.5, 0.6) is 0 Å². The van der Waals surface area contributed by atoms with Gasteiger partial charge in [0.05, 0.1) is 12.1 Å². The highest BCUT2D eigenvalue weighted by molar-refractivity contribution is 5.61. The number of aliphatic hydroxyl groups excluding tert-OH is 1. The third-order valence-corrected chi connectivity index (χ3v) is 6.03. The summed E-state index contributed by atoms with van der Waals surface area (Å²) in [5.41, 5.74) is 3.54. The van der Waals surface area contributed by atoms with Gasteiger partial charge >= 0.3 is 0 Å². The van der Waals surface area contributed by atoms with Gasteiger partial charge in [-0.05, 0) is 31.4 Å². The van der Waals surface area contributed by atoms with Gasteiger partial charge < -0.3 is 20.2 Å². The zero-order valence-electron chi connectivity index (χ0n) is 17.3. The second-order valence-corrected chi connectivity index (χ2v) is 8.21. The van der Waals surface area contributed by atoms with Crippen molar-refractivity contribution < 1.29 is 5.11 Å². The number of hydrogen-bond donors (Lipinski definition) is 3. The first-order valence-electron chi connectivity index (χ1n) is 10.5. The molecule has 1 unspecified atom stereocenters. The van der Waals surface area contributed by atoms with E-state index in [1.54, 1.807) is 0 Å². The minimum Gasteiger partial charge on any atom is -0.393 e. The van der Waals surface area contributed by atoms with Crippen molar-refractivity contribution in [3.8, 4) is 0 Å². The molecule has 0 bridgehead atoms. The van der Waals surface area contributed by atoms with Gasteiger partial charge in [0.15, 0.2) is 11.6 Å². The van der Waals surface area contributed by atoms with Crippen LogP contribution < -0.4 is 15.1 Å². The quantitative estimate of drug-likeness (QED) is 0.614. The molecule has 3 N–H and O–H groups in total. The third kappa shape index (κ3) is 3.59. The van der Waals surface area contributed by atoms with Crippen molar-refractivity contribution in [2.24, 2.45) is 0 Å². The number of nitrogens with one attached hydrogen (secondary N) is 2. The normalized spacial score (nSPS) is 19.2. The highest BCUT2D eigenvalue weighted by Gasteiger charge is 2.31. The number of aromatic nitrogens is 4. The summed E-state index contributed by atoms with van der Waals surface area (Å²) in [5.74, 6) is 3.16. The highest BCUT2D eigenvalue weighted by Crippen LogP contribution is 2.38. The number of benzene rings is 1. The second-order valence-electron chi connectivity index (χ2n) is 8.21. The number of fused-ring (bicyclic) bond motifs is 1. The van der Waals surface area contributed by atoms with Crippen LogP contribution >= 0.6 is 0 Å². The maximum Gasteiger partial charge on any atom is 0.155 e. The van der Waals surface area contributed by atoms with E-state index in [4.69, 9.17) is 9.97 Å². The fraction of sp³-hybridized carbons (Fsp3) is 0.409. The van der Waals surface area contributed by atoms with Crippen LogP contribution in [0.1, 0.15) is 36.0 Å². The van der Waals surface area contributed by atoms with Crippen LogP contribution in [0.3, 0.4) is 0 Å². The molecule has 3 aromatic rings. The van der Waals surface area contributed by atoms with E-state index in [1.165, 1.54) is 11.3 Å². The maximum atomic E-state index is 9.90. The van der Waals surface area contributed by atoms with Gasteiger partial charge in [-0.15, -0.1) is 0 Å². The van der Waals surface area contributed by atoms with Crippen LogP contribution in [-0.2, 0) is 6.42 Å². The third-order valence-electron chi connectivity index (χ3n) is 6.03. The minimum atomic E-state index is -0.220. The van der Waals surface area contributed by atoms with Crippen LogP contribution in [0.4, 0.5) is 23.1 Å². The molecule has 1 atom stereocenters. The molecule has 2 aliphatic rings. The molecule has 0 amide bonds. The Morgan fingerprint density at radius 2 is 1.90 bits per heavy atom. The molecule has 1 saturated heterocycles. The first kappa shape index (κ1) is 18.9. The van der Waals surface area contributed by atoms with E-state index in [-0.39, 0.29) is 12.1 Å². The molecule has 30 heavy (non-hydrogen) atoms. The highest BCUT2D eigenvalue weighted by atomic mass is 16.3. The summed E-state index contributed by atoms with van der Waals surface area (Å²) < 4.78 is 0. The van der Waals surface area contributed by atoms with Crippen molar-refractivity contribution in [1.29, 1.82) is 0 Å². The van der Waals surface area contributed by atoms with Crippen molar-refractivity contribution in [3.05, 3.63) is 53.5 Å². The minimum absolute atomic E-state index is 0.0826. The Labute approximate surface area is 176 Å². The zero-order valence-corrected chi connectivity index (χ0v) is 17.3. The number of anilines is 4. The molecule has 0 saturated carbocycles. The first-order chi connectivity index (χ1) is 14.6. The van der Waals surface area contributed by atoms with Crippen LogP contribution in [-0.4, -0.2) is 51.5 Å². The van der Waals surface area contributed by atoms with Crippen molar-refractivity contribution in [3.63, 3.8) is 0 Å². The van der Waals surface area contributed by atoms with E-state index < -0.39 is 0 Å². The Bertz CT molecular complexity index is 1040. The summed E-state index contributed by atoms with van der Waals surface area (Å²) in [6.07, 6.45) is 2.18. The van der Waals surface area contributed by atoms with Crippen molar-refractivity contribution in [2.75, 3.05) is 35.3 Å². The number of rotatable bonds is 4. The van der Waals surface area contributed by atoms with Gasteiger partial charge in [-0.3, -0.25) is 5.10 Å². The molecule has 5 rings (SSSR count). The Morgan fingerprint density at radius 1 is 1.10 bits per heavy atom. The van der Waals surface area contributed by atoms with Gasteiger partial charge in [-0.2, -0.15) is 5.10 Å². The van der Waals surface area contributed by atoms with E-state index in [9.17, 15) is 5.11 Å². The molecular formula is C22H27N7O. The summed E-state index contributed by atoms with van der Waals surface area (Å²) in [5, 5.41) is 20.5. The number of aryl methyl sites for hydroxylation is 1. The van der Waals surface area contributed by atoms with Gasteiger partial charge in [0.2, 0.25) is 0 Å². The number of para-hydroxylation sites is 1. The fourth-order valence-corrected chi connectivity index (χ4v) is 4.34. The summed E-state index contributed by atoms with van der Waals surface area (Å²) in [6.45, 7) is 3.55. The van der Waals surface area contributed by atoms with Gasteiger partial charge in [-0.1, -0.05) is 18.2 Å². The molecule has 0 radical (unpaired) electrons. The summed E-state index contributed by atoms with van der Waals surface area (Å²) in [6, 6.07) is 12.5. The number of nitrogens with zero attached hydrogens (tertiary/aromatic N) is 5. The molecule has 1 aromatic carbocycles. The molecule has 2 aromatic heterocycles. The van der Waals surface area contributed by atoms with Gasteiger partial charge in [-0.25, -0.2) is 9.97 Å². The largest absolute Gasteiger partial charge is 0.393 e. The van der Waals surface area contributed by atoms with E-state index in [1.807, 2.05) is 19.1 Å². The van der Waals surface area contributed by atoms with Crippen molar-refractivity contribution >= 4 is 23.1 Å². The molecule has 0 spiro atoms. The lowest BCUT2D eigenvalue weighted by Gasteiger charge is -2.31. The number of likely N-dealkylation sites (N-methyl/N-ethyl adjacent to an activating group) is 1. The number of H-pyrrole nitrogens is 1. The van der Waals surface area contributed by atoms with E-state index in [0.29, 0.717) is 0 Å². The number of piperidine rings is 1. The van der Waals surface area contributed by atoms with Gasteiger partial charge in [0, 0.05) is 50.1 Å².